The molecule has 3 saturated heterocycles. The molecule has 3 fully saturated rings. The van der Waals surface area contributed by atoms with Crippen molar-refractivity contribution >= 4 is 59.1 Å². The third-order valence-corrected chi connectivity index (χ3v) is 20.6. The fourth-order valence-electron chi connectivity index (χ4n) is 14.4. The normalized spacial score (nSPS) is 19.2. The van der Waals surface area contributed by atoms with Crippen molar-refractivity contribution in [1.29, 1.82) is 0 Å². The molecule has 3 heterocycles. The minimum atomic E-state index is -2.81. The number of likely N-dealkylation sites (N-methyl/N-ethyl adjacent to an activating group) is 6. The Hall–Kier alpha value is -7.16. The number of alkyl halides is 2. The molecule has 572 valence electrons. The van der Waals surface area contributed by atoms with E-state index in [1.807, 2.05) is 126 Å². The largest absolute Gasteiger partial charge is 0.390 e. The topological polar surface area (TPSA) is 282 Å². The molecular weight excluding hydrogens is 1310 g/mol. The third kappa shape index (κ3) is 24.5. The molecule has 10 amide bonds. The van der Waals surface area contributed by atoms with Gasteiger partial charge in [0.25, 0.3) is 5.92 Å². The maximum absolute atomic E-state index is 15.7. The van der Waals surface area contributed by atoms with Crippen LogP contribution in [0, 0.1) is 29.6 Å². The minimum absolute atomic E-state index is 0.0114. The third-order valence-electron chi connectivity index (χ3n) is 20.6. The van der Waals surface area contributed by atoms with Crippen molar-refractivity contribution in [2.24, 2.45) is 35.3 Å². The molecular formula is C76H123F2N13O11. The number of rotatable bonds is 37. The van der Waals surface area contributed by atoms with Crippen LogP contribution in [0.1, 0.15) is 164 Å². The molecule has 0 bridgehead atoms. The Kier molecular flexibility index (Phi) is 33.2. The van der Waals surface area contributed by atoms with Crippen molar-refractivity contribution in [3.8, 4) is 0 Å². The van der Waals surface area contributed by atoms with Crippen LogP contribution < -0.4 is 21.7 Å². The first kappa shape index (κ1) is 85.5. The predicted molar refractivity (Wildman–Crippen MR) is 389 cm³/mol. The van der Waals surface area contributed by atoms with Crippen molar-refractivity contribution in [3.05, 3.63) is 71.8 Å². The van der Waals surface area contributed by atoms with Gasteiger partial charge in [0, 0.05) is 92.6 Å². The van der Waals surface area contributed by atoms with E-state index in [0.717, 1.165) is 30.4 Å². The Labute approximate surface area is 605 Å². The second-order valence-electron chi connectivity index (χ2n) is 31.0. The molecule has 1 unspecified atom stereocenters. The molecule has 26 heteroatoms. The number of hydrogen-bond acceptors (Lipinski definition) is 14. The number of aliphatic hydroxyl groups excluding tert-OH is 1. The van der Waals surface area contributed by atoms with Crippen LogP contribution in [0.4, 0.5) is 8.78 Å². The standard InChI is InChI=1S/C76H123F2N13O11/c1-48(2)39-59(84(13)66(95)46-80-71(98)67(52(9)10)81-63(93)31-32-65(94)90-35-25-20-26-36-90)72(99)86(15)60(40-49(3)4)74(101)88(17)64(42-51(7)8)83(12)58(43-54-27-21-18-22-28-54)70(97)82-69(53(11)92)85(14)62(44-55-29-23-19-24-30-55)73(100)87(16)61(41-50(5)6)75(102)91-47-56(45-57(91)68(79)96)89-37-33-76(77,78)34-38-89/h18-19,21-24,27-30,48-53,56-62,64,67,69,92H,20,25-26,31-47H2,1-17H3,(H2,79,96)(H,80,98)(H,81,93)(H,82,97)/t53-,56-,57+,58+,59+,60+,61+,62+,64+,67?,69-/m1/s1. The molecule has 3 aliphatic heterocycles. The van der Waals surface area contributed by atoms with E-state index < -0.39 is 132 Å². The number of piperidine rings is 2. The van der Waals surface area contributed by atoms with Crippen molar-refractivity contribution in [2.75, 3.05) is 81.6 Å². The number of nitrogens with one attached hydrogen (secondary N) is 3. The van der Waals surface area contributed by atoms with Crippen molar-refractivity contribution < 1.29 is 61.8 Å². The van der Waals surface area contributed by atoms with Crippen LogP contribution in [-0.4, -0.2) is 263 Å². The first-order valence-corrected chi connectivity index (χ1v) is 37.0. The number of halogens is 2. The summed E-state index contributed by atoms with van der Waals surface area (Å²) >= 11 is 0. The molecule has 0 aromatic heterocycles. The van der Waals surface area contributed by atoms with Gasteiger partial charge in [0.2, 0.25) is 59.1 Å². The summed E-state index contributed by atoms with van der Waals surface area (Å²) in [5, 5.41) is 20.5. The zero-order chi connectivity index (χ0) is 76.2. The summed E-state index contributed by atoms with van der Waals surface area (Å²) in [7, 11) is 9.59. The van der Waals surface area contributed by atoms with Crippen molar-refractivity contribution in [3.63, 3.8) is 0 Å². The summed E-state index contributed by atoms with van der Waals surface area (Å²) in [6.45, 7) is 21.6. The molecule has 24 nitrogen and oxygen atoms in total. The number of amides is 10. The zero-order valence-electron chi connectivity index (χ0n) is 64.0. The van der Waals surface area contributed by atoms with Gasteiger partial charge in [0.15, 0.2) is 0 Å². The fourth-order valence-corrected chi connectivity index (χ4v) is 14.4. The second kappa shape index (κ2) is 39.6. The summed E-state index contributed by atoms with van der Waals surface area (Å²) in [6.07, 6.45) is 0.0648. The lowest BCUT2D eigenvalue weighted by Gasteiger charge is -2.44. The van der Waals surface area contributed by atoms with Crippen LogP contribution in [0.3, 0.4) is 0 Å². The number of carbonyl (C=O) groups is 10. The van der Waals surface area contributed by atoms with Crippen LogP contribution >= 0.6 is 0 Å². The molecule has 11 atom stereocenters. The van der Waals surface area contributed by atoms with Crippen LogP contribution in [-0.2, 0) is 60.8 Å². The average Bonchev–Trinajstić information content (AvgIpc) is 1.64. The van der Waals surface area contributed by atoms with Gasteiger partial charge in [-0.3, -0.25) is 62.6 Å². The number of nitrogens with two attached hydrogens (primary N) is 1. The van der Waals surface area contributed by atoms with Gasteiger partial charge in [-0.1, -0.05) is 130 Å². The average molecular weight is 1430 g/mol. The summed E-state index contributed by atoms with van der Waals surface area (Å²) < 4.78 is 28.7. The zero-order valence-corrected chi connectivity index (χ0v) is 64.0. The predicted octanol–water partition coefficient (Wildman–Crippen LogP) is 5.58. The molecule has 0 aliphatic carbocycles. The van der Waals surface area contributed by atoms with E-state index in [1.165, 1.54) is 40.6 Å². The fraction of sp³-hybridized carbons (Fsp3) is 0.711. The van der Waals surface area contributed by atoms with Crippen molar-refractivity contribution in [2.45, 2.75) is 239 Å². The molecule has 0 saturated carbocycles. The summed E-state index contributed by atoms with van der Waals surface area (Å²) in [6, 6.07) is 10.6. The maximum Gasteiger partial charge on any atom is 0.250 e. The summed E-state index contributed by atoms with van der Waals surface area (Å²) in [4.78, 5) is 158. The maximum atomic E-state index is 15.7. The number of likely N-dealkylation sites (tertiary alicyclic amines) is 3. The number of primary amides is 1. The Balaban J connectivity index is 1.43. The first-order valence-electron chi connectivity index (χ1n) is 37.0. The van der Waals surface area contributed by atoms with Gasteiger partial charge in [0.1, 0.15) is 36.4 Å². The Morgan fingerprint density at radius 1 is 0.569 bits per heavy atom. The van der Waals surface area contributed by atoms with Crippen LogP contribution in [0.5, 0.6) is 0 Å². The molecule has 0 spiro atoms. The Bertz CT molecular complexity index is 3070. The molecule has 5 rings (SSSR count). The number of benzene rings is 2. The lowest BCUT2D eigenvalue weighted by atomic mass is 9.96. The van der Waals surface area contributed by atoms with E-state index in [-0.39, 0.29) is 119 Å². The van der Waals surface area contributed by atoms with Gasteiger partial charge in [-0.2, -0.15) is 0 Å². The monoisotopic (exact) mass is 1430 g/mol. The van der Waals surface area contributed by atoms with E-state index in [4.69, 9.17) is 5.73 Å². The van der Waals surface area contributed by atoms with E-state index in [9.17, 15) is 37.9 Å². The molecule has 0 radical (unpaired) electrons. The minimum Gasteiger partial charge on any atom is -0.390 e. The molecule has 102 heavy (non-hydrogen) atoms. The molecule has 2 aromatic rings. The first-order chi connectivity index (χ1) is 47.8. The smallest absolute Gasteiger partial charge is 0.250 e. The van der Waals surface area contributed by atoms with Crippen LogP contribution in [0.15, 0.2) is 60.7 Å². The second-order valence-corrected chi connectivity index (χ2v) is 31.0. The van der Waals surface area contributed by atoms with E-state index in [1.54, 1.807) is 56.7 Å². The van der Waals surface area contributed by atoms with Gasteiger partial charge in [0.05, 0.1) is 30.9 Å². The highest BCUT2D eigenvalue weighted by atomic mass is 19.3. The molecule has 6 N–H and O–H groups in total. The Morgan fingerprint density at radius 3 is 1.55 bits per heavy atom. The lowest BCUT2D eigenvalue weighted by Crippen LogP contribution is -2.65. The summed E-state index contributed by atoms with van der Waals surface area (Å²) in [5.74, 6) is -8.62. The van der Waals surface area contributed by atoms with Crippen LogP contribution in [0.2, 0.25) is 0 Å². The van der Waals surface area contributed by atoms with E-state index >= 15 is 24.0 Å². The highest BCUT2D eigenvalue weighted by molar-refractivity contribution is 5.96. The highest BCUT2D eigenvalue weighted by Gasteiger charge is 2.48. The van der Waals surface area contributed by atoms with Gasteiger partial charge >= 0.3 is 0 Å². The molecule has 3 aliphatic rings. The van der Waals surface area contributed by atoms with Gasteiger partial charge < -0.3 is 56.2 Å². The quantitative estimate of drug-likeness (QED) is 0.0517. The lowest BCUT2D eigenvalue weighted by molar-refractivity contribution is -0.154. The van der Waals surface area contributed by atoms with E-state index in [0.29, 0.717) is 19.5 Å². The number of aliphatic hydroxyl groups is 1. The van der Waals surface area contributed by atoms with Crippen LogP contribution in [0.25, 0.3) is 0 Å². The van der Waals surface area contributed by atoms with Gasteiger partial charge in [-0.25, -0.2) is 8.78 Å². The number of hydrogen-bond donors (Lipinski definition) is 5. The van der Waals surface area contributed by atoms with Gasteiger partial charge in [-0.05, 0) is 126 Å². The highest BCUT2D eigenvalue weighted by Crippen LogP contribution is 2.34. The number of nitrogens with zero attached hydrogens (tertiary/aromatic N) is 9. The SMILES string of the molecule is CC(C)C[C@H](N(C)C(=O)[C@H](CC(C)C)N(C)C(=O)[C@H](CC(C)C)N(C)C(=O)CNC(=O)C(NC(=O)CCC(=O)N1CCCCC1)C(C)C)N(C)[C@@H](Cc1ccccc1)C(=O)N[C@@H]([C@@H](C)O)N(C)[C@@H](Cc1ccccc1)C(=O)N(C)[C@@H](CC(C)C)C(=O)N1C[C@H](N2CCC(F)(F)CC2)C[C@H]1C(N)=O. The van der Waals surface area contributed by atoms with Gasteiger partial charge in [-0.15, -0.1) is 0 Å². The van der Waals surface area contributed by atoms with Crippen molar-refractivity contribution in [1.82, 2.24) is 60.0 Å². The number of carbonyl (C=O) groups excluding carboxylic acids is 10. The van der Waals surface area contributed by atoms with E-state index in [2.05, 4.69) is 16.0 Å². The molecule has 2 aromatic carbocycles. The Morgan fingerprint density at radius 2 is 1.05 bits per heavy atom. The summed E-state index contributed by atoms with van der Waals surface area (Å²) in [5.41, 5.74) is 7.49.